The highest BCUT2D eigenvalue weighted by molar-refractivity contribution is 5.94. The predicted molar refractivity (Wildman–Crippen MR) is 112 cm³/mol. The molecule has 2 aromatic rings. The maximum Gasteiger partial charge on any atom is 0.269 e. The standard InChI is InChI=1S/C22H30N4O3/c1-15-13-26(14-16(2)29-15)21(27)18-7-5-17(6-8-18)11-23-12-19-9-10-20(24-19)22(28)25(3)4/h5-10,15-16,23-24H,11-14H2,1-4H3. The topological polar surface area (TPSA) is 77.7 Å². The third-order valence-electron chi connectivity index (χ3n) is 4.94. The van der Waals surface area contributed by atoms with E-state index >= 15 is 0 Å². The molecule has 2 atom stereocenters. The van der Waals surface area contributed by atoms with Gasteiger partial charge in [0.05, 0.1) is 12.2 Å². The zero-order valence-corrected chi connectivity index (χ0v) is 17.6. The molecule has 0 saturated carbocycles. The average Bonchev–Trinajstić information content (AvgIpc) is 3.15. The van der Waals surface area contributed by atoms with Crippen LogP contribution < -0.4 is 5.32 Å². The molecule has 1 aromatic heterocycles. The summed E-state index contributed by atoms with van der Waals surface area (Å²) in [5.74, 6) is 0.0107. The molecular weight excluding hydrogens is 368 g/mol. The summed E-state index contributed by atoms with van der Waals surface area (Å²) in [5.41, 5.74) is 3.34. The molecule has 1 aliphatic heterocycles. The number of carbonyl (C=O) groups excluding carboxylic acids is 2. The van der Waals surface area contributed by atoms with E-state index in [0.29, 0.717) is 37.4 Å². The lowest BCUT2D eigenvalue weighted by molar-refractivity contribution is -0.0586. The average molecular weight is 399 g/mol. The summed E-state index contributed by atoms with van der Waals surface area (Å²) in [6, 6.07) is 11.4. The first-order valence-electron chi connectivity index (χ1n) is 9.97. The third kappa shape index (κ3) is 5.46. The van der Waals surface area contributed by atoms with Gasteiger partial charge in [-0.25, -0.2) is 0 Å². The van der Waals surface area contributed by atoms with Crippen LogP contribution in [0.3, 0.4) is 0 Å². The van der Waals surface area contributed by atoms with Gasteiger partial charge >= 0.3 is 0 Å². The second-order valence-corrected chi connectivity index (χ2v) is 7.86. The zero-order valence-electron chi connectivity index (χ0n) is 17.6. The second kappa shape index (κ2) is 9.24. The molecule has 1 aromatic carbocycles. The van der Waals surface area contributed by atoms with Crippen LogP contribution in [0.4, 0.5) is 0 Å². The van der Waals surface area contributed by atoms with Gasteiger partial charge in [-0.05, 0) is 43.7 Å². The number of benzene rings is 1. The molecule has 1 fully saturated rings. The molecule has 156 valence electrons. The minimum atomic E-state index is -0.0411. The molecule has 0 bridgehead atoms. The Morgan fingerprint density at radius 2 is 1.72 bits per heavy atom. The summed E-state index contributed by atoms with van der Waals surface area (Å²) in [6.07, 6.45) is 0.125. The van der Waals surface area contributed by atoms with E-state index < -0.39 is 0 Å². The van der Waals surface area contributed by atoms with Crippen molar-refractivity contribution in [3.05, 3.63) is 58.9 Å². The van der Waals surface area contributed by atoms with Gasteiger partial charge in [-0.15, -0.1) is 0 Å². The quantitative estimate of drug-likeness (QED) is 0.782. The Kier molecular flexibility index (Phi) is 6.71. The van der Waals surface area contributed by atoms with Gasteiger partial charge in [-0.1, -0.05) is 12.1 Å². The summed E-state index contributed by atoms with van der Waals surface area (Å²) in [5, 5.41) is 3.36. The number of amides is 2. The molecule has 0 spiro atoms. The number of nitrogens with zero attached hydrogens (tertiary/aromatic N) is 2. The fraction of sp³-hybridized carbons (Fsp3) is 0.455. The van der Waals surface area contributed by atoms with E-state index in [1.165, 1.54) is 0 Å². The Bertz CT molecular complexity index is 834. The Labute approximate surface area is 172 Å². The van der Waals surface area contributed by atoms with Crippen molar-refractivity contribution in [2.75, 3.05) is 27.2 Å². The van der Waals surface area contributed by atoms with Crippen LogP contribution in [0.5, 0.6) is 0 Å². The van der Waals surface area contributed by atoms with Crippen molar-refractivity contribution in [1.29, 1.82) is 0 Å². The van der Waals surface area contributed by atoms with E-state index in [9.17, 15) is 9.59 Å². The van der Waals surface area contributed by atoms with Gasteiger partial charge < -0.3 is 24.8 Å². The molecule has 2 heterocycles. The number of aromatic nitrogens is 1. The Morgan fingerprint density at radius 1 is 1.07 bits per heavy atom. The van der Waals surface area contributed by atoms with Crippen LogP contribution in [0.25, 0.3) is 0 Å². The van der Waals surface area contributed by atoms with E-state index in [0.717, 1.165) is 11.3 Å². The zero-order chi connectivity index (χ0) is 21.0. The molecular formula is C22H30N4O3. The minimum absolute atomic E-state index is 0.0411. The lowest BCUT2D eigenvalue weighted by Crippen LogP contribution is -2.48. The molecule has 1 aliphatic rings. The van der Waals surface area contributed by atoms with Crippen LogP contribution in [0.2, 0.25) is 0 Å². The Morgan fingerprint density at radius 3 is 2.34 bits per heavy atom. The fourth-order valence-corrected chi connectivity index (χ4v) is 3.54. The van der Waals surface area contributed by atoms with Gasteiger partial charge in [-0.3, -0.25) is 9.59 Å². The smallest absolute Gasteiger partial charge is 0.269 e. The first-order valence-corrected chi connectivity index (χ1v) is 9.97. The highest BCUT2D eigenvalue weighted by Gasteiger charge is 2.26. The van der Waals surface area contributed by atoms with E-state index in [-0.39, 0.29) is 24.0 Å². The summed E-state index contributed by atoms with van der Waals surface area (Å²) in [6.45, 7) is 6.55. The molecule has 1 saturated heterocycles. The highest BCUT2D eigenvalue weighted by Crippen LogP contribution is 2.15. The number of hydrogen-bond acceptors (Lipinski definition) is 4. The molecule has 2 unspecified atom stereocenters. The number of rotatable bonds is 6. The molecule has 2 amide bonds. The number of aromatic amines is 1. The second-order valence-electron chi connectivity index (χ2n) is 7.86. The van der Waals surface area contributed by atoms with Crippen LogP contribution in [0, 0.1) is 0 Å². The van der Waals surface area contributed by atoms with E-state index in [1.54, 1.807) is 25.1 Å². The van der Waals surface area contributed by atoms with E-state index in [1.807, 2.05) is 49.1 Å². The number of ether oxygens (including phenoxy) is 1. The van der Waals surface area contributed by atoms with Crippen molar-refractivity contribution < 1.29 is 14.3 Å². The third-order valence-corrected chi connectivity index (χ3v) is 4.94. The van der Waals surface area contributed by atoms with Crippen LogP contribution >= 0.6 is 0 Å². The van der Waals surface area contributed by atoms with Crippen LogP contribution in [0.1, 0.15) is 46.0 Å². The molecule has 7 heteroatoms. The minimum Gasteiger partial charge on any atom is -0.372 e. The van der Waals surface area contributed by atoms with Crippen molar-refractivity contribution in [2.45, 2.75) is 39.1 Å². The lowest BCUT2D eigenvalue weighted by atomic mass is 10.1. The van der Waals surface area contributed by atoms with E-state index in [2.05, 4.69) is 10.3 Å². The van der Waals surface area contributed by atoms with Crippen molar-refractivity contribution in [3.8, 4) is 0 Å². The van der Waals surface area contributed by atoms with Gasteiger partial charge in [0.1, 0.15) is 5.69 Å². The van der Waals surface area contributed by atoms with E-state index in [4.69, 9.17) is 4.74 Å². The van der Waals surface area contributed by atoms with Crippen molar-refractivity contribution in [3.63, 3.8) is 0 Å². The molecule has 29 heavy (non-hydrogen) atoms. The van der Waals surface area contributed by atoms with Crippen LogP contribution in [-0.4, -0.2) is 66.0 Å². The number of carbonyl (C=O) groups is 2. The first kappa shape index (κ1) is 21.1. The van der Waals surface area contributed by atoms with Crippen molar-refractivity contribution >= 4 is 11.8 Å². The lowest BCUT2D eigenvalue weighted by Gasteiger charge is -2.35. The van der Waals surface area contributed by atoms with Crippen molar-refractivity contribution in [1.82, 2.24) is 20.1 Å². The number of H-pyrrole nitrogens is 1. The normalized spacial score (nSPS) is 19.2. The van der Waals surface area contributed by atoms with Gasteiger partial charge in [0, 0.05) is 51.5 Å². The van der Waals surface area contributed by atoms with Gasteiger partial charge in [0.15, 0.2) is 0 Å². The molecule has 7 nitrogen and oxygen atoms in total. The molecule has 0 radical (unpaired) electrons. The Hall–Kier alpha value is -2.64. The highest BCUT2D eigenvalue weighted by atomic mass is 16.5. The summed E-state index contributed by atoms with van der Waals surface area (Å²) >= 11 is 0. The monoisotopic (exact) mass is 398 g/mol. The summed E-state index contributed by atoms with van der Waals surface area (Å²) in [4.78, 5) is 31.2. The van der Waals surface area contributed by atoms with Gasteiger partial charge in [-0.2, -0.15) is 0 Å². The van der Waals surface area contributed by atoms with Gasteiger partial charge in [0.25, 0.3) is 11.8 Å². The number of hydrogen-bond donors (Lipinski definition) is 2. The SMILES string of the molecule is CC1CN(C(=O)c2ccc(CNCc3ccc(C(=O)N(C)C)[nH]3)cc2)CC(C)O1. The molecule has 0 aliphatic carbocycles. The van der Waals surface area contributed by atoms with Crippen LogP contribution in [0.15, 0.2) is 36.4 Å². The largest absolute Gasteiger partial charge is 0.372 e. The van der Waals surface area contributed by atoms with Crippen LogP contribution in [-0.2, 0) is 17.8 Å². The fourth-order valence-electron chi connectivity index (χ4n) is 3.54. The maximum atomic E-state index is 12.7. The van der Waals surface area contributed by atoms with Gasteiger partial charge in [0.2, 0.25) is 0 Å². The first-order chi connectivity index (χ1) is 13.8. The summed E-state index contributed by atoms with van der Waals surface area (Å²) in [7, 11) is 3.46. The maximum absolute atomic E-state index is 12.7. The predicted octanol–water partition coefficient (Wildman–Crippen LogP) is 2.26. The summed E-state index contributed by atoms with van der Waals surface area (Å²) < 4.78 is 5.70. The molecule has 2 N–H and O–H groups in total. The number of nitrogens with one attached hydrogen (secondary N) is 2. The molecule has 3 rings (SSSR count). The van der Waals surface area contributed by atoms with Crippen molar-refractivity contribution in [2.24, 2.45) is 0 Å². The Balaban J connectivity index is 1.51. The number of morpholine rings is 1.